The van der Waals surface area contributed by atoms with Gasteiger partial charge in [-0.3, -0.25) is 9.59 Å². The van der Waals surface area contributed by atoms with Crippen molar-refractivity contribution in [3.8, 4) is 0 Å². The summed E-state index contributed by atoms with van der Waals surface area (Å²) < 4.78 is 0. The van der Waals surface area contributed by atoms with Crippen LogP contribution in [0.15, 0.2) is 18.3 Å². The zero-order valence-electron chi connectivity index (χ0n) is 15.1. The number of carbonyl (C=O) groups excluding carboxylic acids is 2. The molecule has 1 saturated heterocycles. The van der Waals surface area contributed by atoms with Crippen LogP contribution < -0.4 is 15.5 Å². The van der Waals surface area contributed by atoms with E-state index in [0.29, 0.717) is 19.4 Å². The third-order valence-corrected chi connectivity index (χ3v) is 4.93. The molecule has 1 aromatic heterocycles. The van der Waals surface area contributed by atoms with E-state index in [0.717, 1.165) is 30.2 Å². The summed E-state index contributed by atoms with van der Waals surface area (Å²) in [6, 6.07) is 3.48. The molecule has 1 aromatic rings. The maximum absolute atomic E-state index is 12.5. The molecule has 0 aliphatic carbocycles. The zero-order chi connectivity index (χ0) is 18.1. The molecule has 2 amide bonds. The standard InChI is InChI=1S/C18H28N4O2S/c1-3-17(23)21-15(7-11-25-2)18(24)20-13-14-6-8-19-16(12-14)22-9-4-5-10-22/h6,8,12,15H,3-5,7,9-11,13H2,1-2H3,(H,20,24)(H,21,23). The van der Waals surface area contributed by atoms with Crippen LogP contribution in [0.3, 0.4) is 0 Å². The van der Waals surface area contributed by atoms with Crippen LogP contribution in [-0.4, -0.2) is 47.9 Å². The summed E-state index contributed by atoms with van der Waals surface area (Å²) in [5.74, 6) is 1.58. The smallest absolute Gasteiger partial charge is 0.242 e. The van der Waals surface area contributed by atoms with Gasteiger partial charge in [-0.15, -0.1) is 0 Å². The topological polar surface area (TPSA) is 74.3 Å². The minimum Gasteiger partial charge on any atom is -0.357 e. The molecule has 1 unspecified atom stereocenters. The van der Waals surface area contributed by atoms with Gasteiger partial charge in [0.25, 0.3) is 0 Å². The van der Waals surface area contributed by atoms with Crippen molar-refractivity contribution < 1.29 is 9.59 Å². The van der Waals surface area contributed by atoms with Crippen molar-refractivity contribution in [1.82, 2.24) is 15.6 Å². The molecule has 0 aromatic carbocycles. The predicted octanol–water partition coefficient (Wildman–Crippen LogP) is 1.95. The Hall–Kier alpha value is -1.76. The van der Waals surface area contributed by atoms with Crippen LogP contribution >= 0.6 is 11.8 Å². The summed E-state index contributed by atoms with van der Waals surface area (Å²) in [7, 11) is 0. The fourth-order valence-electron chi connectivity index (χ4n) is 2.80. The van der Waals surface area contributed by atoms with Gasteiger partial charge in [-0.25, -0.2) is 4.98 Å². The number of rotatable bonds is 9. The monoisotopic (exact) mass is 364 g/mol. The number of anilines is 1. The summed E-state index contributed by atoms with van der Waals surface area (Å²) >= 11 is 1.67. The highest BCUT2D eigenvalue weighted by atomic mass is 32.2. The molecule has 1 fully saturated rings. The summed E-state index contributed by atoms with van der Waals surface area (Å²) in [5.41, 5.74) is 1.02. The lowest BCUT2D eigenvalue weighted by Gasteiger charge is -2.19. The number of nitrogens with zero attached hydrogens (tertiary/aromatic N) is 2. The quantitative estimate of drug-likeness (QED) is 0.700. The Morgan fingerprint density at radius 2 is 2.12 bits per heavy atom. The van der Waals surface area contributed by atoms with E-state index in [9.17, 15) is 9.59 Å². The van der Waals surface area contributed by atoms with Gasteiger partial charge in [0.1, 0.15) is 11.9 Å². The Kier molecular flexibility index (Phi) is 8.04. The van der Waals surface area contributed by atoms with Crippen molar-refractivity contribution in [1.29, 1.82) is 0 Å². The summed E-state index contributed by atoms with van der Waals surface area (Å²) in [4.78, 5) is 30.8. The molecule has 6 nitrogen and oxygen atoms in total. The molecule has 7 heteroatoms. The van der Waals surface area contributed by atoms with Crippen LogP contribution in [0.5, 0.6) is 0 Å². The van der Waals surface area contributed by atoms with Gasteiger partial charge in [0.05, 0.1) is 0 Å². The van der Waals surface area contributed by atoms with Gasteiger partial charge >= 0.3 is 0 Å². The van der Waals surface area contributed by atoms with Gasteiger partial charge in [-0.2, -0.15) is 11.8 Å². The average molecular weight is 365 g/mol. The molecule has 1 aliphatic rings. The molecule has 2 rings (SSSR count). The highest BCUT2D eigenvalue weighted by Gasteiger charge is 2.20. The molecular weight excluding hydrogens is 336 g/mol. The molecule has 25 heavy (non-hydrogen) atoms. The number of aromatic nitrogens is 1. The van der Waals surface area contributed by atoms with E-state index in [1.807, 2.05) is 18.4 Å². The van der Waals surface area contributed by atoms with Crippen LogP contribution in [-0.2, 0) is 16.1 Å². The lowest BCUT2D eigenvalue weighted by Crippen LogP contribution is -2.46. The third kappa shape index (κ3) is 6.23. The number of carbonyl (C=O) groups is 2. The number of nitrogens with one attached hydrogen (secondary N) is 2. The van der Waals surface area contributed by atoms with Crippen molar-refractivity contribution in [2.24, 2.45) is 0 Å². The van der Waals surface area contributed by atoms with Crippen LogP contribution in [0.1, 0.15) is 38.2 Å². The van der Waals surface area contributed by atoms with Crippen LogP contribution in [0.4, 0.5) is 5.82 Å². The van der Waals surface area contributed by atoms with Crippen molar-refractivity contribution in [2.45, 2.75) is 45.2 Å². The van der Waals surface area contributed by atoms with E-state index in [2.05, 4.69) is 20.5 Å². The summed E-state index contributed by atoms with van der Waals surface area (Å²) in [6.07, 6.45) is 7.21. The average Bonchev–Trinajstić information content (AvgIpc) is 3.18. The second-order valence-electron chi connectivity index (χ2n) is 6.19. The van der Waals surface area contributed by atoms with Gasteiger partial charge in [0.2, 0.25) is 11.8 Å². The number of hydrogen-bond donors (Lipinski definition) is 2. The minimum absolute atomic E-state index is 0.0958. The van der Waals surface area contributed by atoms with Crippen LogP contribution in [0, 0.1) is 0 Å². The number of thioether (sulfide) groups is 1. The van der Waals surface area contributed by atoms with E-state index in [4.69, 9.17) is 0 Å². The van der Waals surface area contributed by atoms with E-state index in [1.54, 1.807) is 24.9 Å². The lowest BCUT2D eigenvalue weighted by molar-refractivity contribution is -0.129. The predicted molar refractivity (Wildman–Crippen MR) is 103 cm³/mol. The molecule has 2 heterocycles. The van der Waals surface area contributed by atoms with E-state index < -0.39 is 6.04 Å². The summed E-state index contributed by atoms with van der Waals surface area (Å²) in [5, 5.41) is 5.75. The molecule has 0 spiro atoms. The Balaban J connectivity index is 1.92. The third-order valence-electron chi connectivity index (χ3n) is 4.29. The van der Waals surface area contributed by atoms with Gasteiger partial charge in [-0.05, 0) is 49.0 Å². The maximum atomic E-state index is 12.5. The van der Waals surface area contributed by atoms with E-state index >= 15 is 0 Å². The first-order valence-electron chi connectivity index (χ1n) is 8.90. The first-order chi connectivity index (χ1) is 12.1. The second kappa shape index (κ2) is 10.3. The maximum Gasteiger partial charge on any atom is 0.242 e. The fraction of sp³-hybridized carbons (Fsp3) is 0.611. The molecule has 138 valence electrons. The van der Waals surface area contributed by atoms with Gasteiger partial charge < -0.3 is 15.5 Å². The van der Waals surface area contributed by atoms with Crippen molar-refractivity contribution in [2.75, 3.05) is 30.0 Å². The van der Waals surface area contributed by atoms with Crippen molar-refractivity contribution >= 4 is 29.4 Å². The van der Waals surface area contributed by atoms with Crippen LogP contribution in [0.2, 0.25) is 0 Å². The molecule has 2 N–H and O–H groups in total. The highest BCUT2D eigenvalue weighted by Crippen LogP contribution is 2.18. The van der Waals surface area contributed by atoms with E-state index in [-0.39, 0.29) is 11.8 Å². The largest absolute Gasteiger partial charge is 0.357 e. The second-order valence-corrected chi connectivity index (χ2v) is 7.17. The van der Waals surface area contributed by atoms with E-state index in [1.165, 1.54) is 12.8 Å². The molecule has 1 aliphatic heterocycles. The molecular formula is C18H28N4O2S. The Morgan fingerprint density at radius 1 is 1.36 bits per heavy atom. The van der Waals surface area contributed by atoms with Crippen molar-refractivity contribution in [3.05, 3.63) is 23.9 Å². The minimum atomic E-state index is -0.472. The fourth-order valence-corrected chi connectivity index (χ4v) is 3.27. The number of amides is 2. The molecule has 0 saturated carbocycles. The molecule has 0 bridgehead atoms. The Morgan fingerprint density at radius 3 is 2.80 bits per heavy atom. The number of pyridine rings is 1. The van der Waals surface area contributed by atoms with Crippen molar-refractivity contribution in [3.63, 3.8) is 0 Å². The first kappa shape index (κ1) is 19.6. The van der Waals surface area contributed by atoms with Gasteiger partial charge in [-0.1, -0.05) is 6.92 Å². The van der Waals surface area contributed by atoms with Crippen LogP contribution in [0.25, 0.3) is 0 Å². The summed E-state index contributed by atoms with van der Waals surface area (Å²) in [6.45, 7) is 4.32. The van der Waals surface area contributed by atoms with Gasteiger partial charge in [0, 0.05) is 32.3 Å². The zero-order valence-corrected chi connectivity index (χ0v) is 15.9. The highest BCUT2D eigenvalue weighted by molar-refractivity contribution is 7.98. The SMILES string of the molecule is CCC(=O)NC(CCSC)C(=O)NCc1ccnc(N2CCCC2)c1. The molecule has 0 radical (unpaired) electrons. The Labute approximate surface area is 154 Å². The van der Waals surface area contributed by atoms with Gasteiger partial charge in [0.15, 0.2) is 0 Å². The number of hydrogen-bond acceptors (Lipinski definition) is 5. The Bertz CT molecular complexity index is 576. The first-order valence-corrected chi connectivity index (χ1v) is 10.3. The lowest BCUT2D eigenvalue weighted by atomic mass is 10.2. The molecule has 1 atom stereocenters. The normalized spacial score (nSPS) is 15.0.